The number of carbonyl (C=O) groups is 2. The minimum absolute atomic E-state index is 0.104. The van der Waals surface area contributed by atoms with E-state index in [1.165, 1.54) is 24.8 Å². The normalized spacial score (nSPS) is 19.9. The second-order valence-electron chi connectivity index (χ2n) is 10.0. The minimum atomic E-state index is -0.650. The number of primary amides is 1. The first-order valence-corrected chi connectivity index (χ1v) is 12.6. The van der Waals surface area contributed by atoms with Crippen molar-refractivity contribution in [3.05, 3.63) is 59.7 Å². The summed E-state index contributed by atoms with van der Waals surface area (Å²) in [5.74, 6) is 1.07. The van der Waals surface area contributed by atoms with Crippen LogP contribution in [0, 0.1) is 5.92 Å². The first kappa shape index (κ1) is 24.3. The largest absolute Gasteiger partial charge is 0.489 e. The van der Waals surface area contributed by atoms with Crippen molar-refractivity contribution >= 4 is 17.5 Å². The van der Waals surface area contributed by atoms with Gasteiger partial charge in [-0.15, -0.1) is 0 Å². The second kappa shape index (κ2) is 11.0. The van der Waals surface area contributed by atoms with Crippen molar-refractivity contribution in [1.82, 2.24) is 5.32 Å². The van der Waals surface area contributed by atoms with Crippen LogP contribution in [-0.2, 0) is 16.1 Å². The average Bonchev–Trinajstić information content (AvgIpc) is 2.97. The van der Waals surface area contributed by atoms with E-state index in [1.807, 2.05) is 24.3 Å². The summed E-state index contributed by atoms with van der Waals surface area (Å²) >= 11 is 0. The molecule has 2 aliphatic rings. The highest BCUT2D eigenvalue weighted by atomic mass is 16.5. The number of nitrogens with one attached hydrogen (secondary N) is 1. The highest BCUT2D eigenvalue weighted by Crippen LogP contribution is 2.33. The Bertz CT molecular complexity index is 983. The van der Waals surface area contributed by atoms with Gasteiger partial charge in [-0.05, 0) is 41.5 Å². The van der Waals surface area contributed by atoms with Gasteiger partial charge in [0, 0.05) is 0 Å². The molecule has 1 saturated carbocycles. The van der Waals surface area contributed by atoms with Crippen molar-refractivity contribution in [2.75, 3.05) is 11.5 Å². The highest BCUT2D eigenvalue weighted by Gasteiger charge is 2.34. The molecule has 1 fully saturated rings. The molecule has 0 saturated heterocycles. The molecule has 2 atom stereocenters. The summed E-state index contributed by atoms with van der Waals surface area (Å²) in [5.41, 5.74) is 8.82. The van der Waals surface area contributed by atoms with Gasteiger partial charge in [-0.25, -0.2) is 0 Å². The van der Waals surface area contributed by atoms with Crippen LogP contribution in [0.4, 0.5) is 5.69 Å². The van der Waals surface area contributed by atoms with E-state index in [-0.39, 0.29) is 12.5 Å². The predicted octanol–water partition coefficient (Wildman–Crippen LogP) is 4.52. The molecular weight excluding hydrogens is 426 g/mol. The van der Waals surface area contributed by atoms with Gasteiger partial charge in [0.15, 0.2) is 0 Å². The van der Waals surface area contributed by atoms with E-state index in [9.17, 15) is 9.59 Å². The third kappa shape index (κ3) is 5.79. The first-order valence-electron chi connectivity index (χ1n) is 12.6. The molecule has 6 heteroatoms. The summed E-state index contributed by atoms with van der Waals surface area (Å²) in [7, 11) is 0. The molecule has 2 aromatic carbocycles. The van der Waals surface area contributed by atoms with Crippen molar-refractivity contribution in [2.45, 2.75) is 76.9 Å². The lowest BCUT2D eigenvalue weighted by Gasteiger charge is -2.29. The maximum absolute atomic E-state index is 13.8. The Hall–Kier alpha value is -2.86. The fourth-order valence-electron chi connectivity index (χ4n) is 5.09. The zero-order valence-corrected chi connectivity index (χ0v) is 20.3. The van der Waals surface area contributed by atoms with E-state index in [0.717, 1.165) is 24.1 Å². The Kier molecular flexibility index (Phi) is 7.88. The van der Waals surface area contributed by atoms with Crippen LogP contribution in [0.3, 0.4) is 0 Å². The Balaban J connectivity index is 1.55. The number of ether oxygens (including phenoxy) is 1. The zero-order valence-electron chi connectivity index (χ0n) is 20.3. The standard InChI is InChI=1S/C28H37N3O3/c1-19(2)22-14-12-21(13-15-22)17-31-25-10-6-7-11-26(25)34-18-24(28(31)33)30-23(27(29)32)16-20-8-4-3-5-9-20/h6-7,10-15,19-20,23-24,30H,3-5,8-9,16-18H2,1-2H3,(H2,29,32)/t23-,24?/m0/s1. The lowest BCUT2D eigenvalue weighted by Crippen LogP contribution is -2.55. The van der Waals surface area contributed by atoms with Crippen molar-refractivity contribution in [2.24, 2.45) is 11.7 Å². The fraction of sp³-hybridized carbons (Fsp3) is 0.500. The number of nitrogens with zero attached hydrogens (tertiary/aromatic N) is 1. The molecule has 0 bridgehead atoms. The van der Waals surface area contributed by atoms with Crippen LogP contribution in [-0.4, -0.2) is 30.5 Å². The average molecular weight is 464 g/mol. The lowest BCUT2D eigenvalue weighted by molar-refractivity contribution is -0.123. The third-order valence-corrected chi connectivity index (χ3v) is 7.15. The Morgan fingerprint density at radius 1 is 1.09 bits per heavy atom. The first-order chi connectivity index (χ1) is 16.4. The molecule has 3 N–H and O–H groups in total. The minimum Gasteiger partial charge on any atom is -0.489 e. The number of nitrogens with two attached hydrogens (primary N) is 1. The van der Waals surface area contributed by atoms with Gasteiger partial charge in [0.05, 0.1) is 18.3 Å². The molecule has 182 valence electrons. The number of anilines is 1. The number of hydrogen-bond acceptors (Lipinski definition) is 4. The summed E-state index contributed by atoms with van der Waals surface area (Å²) in [6.07, 6.45) is 6.55. The van der Waals surface area contributed by atoms with Crippen molar-refractivity contribution in [3.8, 4) is 5.75 Å². The quantitative estimate of drug-likeness (QED) is 0.603. The summed E-state index contributed by atoms with van der Waals surface area (Å²) in [4.78, 5) is 27.8. The highest BCUT2D eigenvalue weighted by molar-refractivity contribution is 5.99. The van der Waals surface area contributed by atoms with Crippen molar-refractivity contribution < 1.29 is 14.3 Å². The molecule has 1 aliphatic carbocycles. The van der Waals surface area contributed by atoms with Crippen LogP contribution in [0.25, 0.3) is 0 Å². The van der Waals surface area contributed by atoms with Crippen LogP contribution in [0.15, 0.2) is 48.5 Å². The zero-order chi connectivity index (χ0) is 24.1. The second-order valence-corrected chi connectivity index (χ2v) is 10.0. The number of benzene rings is 2. The molecule has 1 unspecified atom stereocenters. The van der Waals surface area contributed by atoms with Gasteiger partial charge in [-0.1, -0.05) is 82.3 Å². The molecule has 1 heterocycles. The van der Waals surface area contributed by atoms with E-state index in [2.05, 4.69) is 43.4 Å². The van der Waals surface area contributed by atoms with Crippen LogP contribution < -0.4 is 20.7 Å². The molecular formula is C28H37N3O3. The maximum atomic E-state index is 13.8. The van der Waals surface area contributed by atoms with E-state index in [4.69, 9.17) is 10.5 Å². The molecule has 1 aliphatic heterocycles. The third-order valence-electron chi connectivity index (χ3n) is 7.15. The molecule has 0 radical (unpaired) electrons. The van der Waals surface area contributed by atoms with Gasteiger partial charge in [0.25, 0.3) is 0 Å². The van der Waals surface area contributed by atoms with E-state index in [0.29, 0.717) is 30.6 Å². The van der Waals surface area contributed by atoms with Crippen molar-refractivity contribution in [3.63, 3.8) is 0 Å². The molecule has 0 aromatic heterocycles. The van der Waals surface area contributed by atoms with Crippen LogP contribution in [0.2, 0.25) is 0 Å². The summed E-state index contributed by atoms with van der Waals surface area (Å²) in [6.45, 7) is 4.92. The Morgan fingerprint density at radius 2 is 1.79 bits per heavy atom. The number of para-hydroxylation sites is 2. The van der Waals surface area contributed by atoms with Gasteiger partial charge in [-0.3, -0.25) is 14.9 Å². The van der Waals surface area contributed by atoms with Gasteiger partial charge < -0.3 is 15.4 Å². The van der Waals surface area contributed by atoms with E-state index in [1.54, 1.807) is 4.90 Å². The molecule has 4 rings (SSSR count). The summed E-state index contributed by atoms with van der Waals surface area (Å²) in [5, 5.41) is 3.28. The number of fused-ring (bicyclic) bond motifs is 1. The molecule has 6 nitrogen and oxygen atoms in total. The van der Waals surface area contributed by atoms with Crippen LogP contribution in [0.1, 0.15) is 69.4 Å². The number of carbonyl (C=O) groups excluding carboxylic acids is 2. The molecule has 0 spiro atoms. The van der Waals surface area contributed by atoms with E-state index < -0.39 is 18.0 Å². The SMILES string of the molecule is CC(C)c1ccc(CN2C(=O)C(N[C@@H](CC3CCCCC3)C(N)=O)COc3ccccc32)cc1. The molecule has 34 heavy (non-hydrogen) atoms. The van der Waals surface area contributed by atoms with E-state index >= 15 is 0 Å². The fourth-order valence-corrected chi connectivity index (χ4v) is 5.09. The van der Waals surface area contributed by atoms with Crippen LogP contribution >= 0.6 is 0 Å². The lowest BCUT2D eigenvalue weighted by atomic mass is 9.84. The Labute approximate surface area is 202 Å². The monoisotopic (exact) mass is 463 g/mol. The topological polar surface area (TPSA) is 84.7 Å². The van der Waals surface area contributed by atoms with Gasteiger partial charge in [0.2, 0.25) is 11.8 Å². The van der Waals surface area contributed by atoms with Crippen LogP contribution in [0.5, 0.6) is 5.75 Å². The molecule has 2 amide bonds. The van der Waals surface area contributed by atoms with Gasteiger partial charge in [0.1, 0.15) is 18.4 Å². The predicted molar refractivity (Wildman–Crippen MR) is 135 cm³/mol. The number of amides is 2. The number of hydrogen-bond donors (Lipinski definition) is 2. The smallest absolute Gasteiger partial charge is 0.248 e. The summed E-state index contributed by atoms with van der Waals surface area (Å²) < 4.78 is 6.04. The Morgan fingerprint density at radius 3 is 2.47 bits per heavy atom. The molecule has 2 aromatic rings. The maximum Gasteiger partial charge on any atom is 0.248 e. The summed E-state index contributed by atoms with van der Waals surface area (Å²) in [6, 6.07) is 14.8. The van der Waals surface area contributed by atoms with Gasteiger partial charge >= 0.3 is 0 Å². The van der Waals surface area contributed by atoms with Gasteiger partial charge in [-0.2, -0.15) is 0 Å². The van der Waals surface area contributed by atoms with Crippen molar-refractivity contribution in [1.29, 1.82) is 0 Å². The number of rotatable bonds is 8.